The third kappa shape index (κ3) is 8.77. The van der Waals surface area contributed by atoms with E-state index in [9.17, 15) is 18.3 Å². The molecule has 0 spiro atoms. The van der Waals surface area contributed by atoms with Gasteiger partial charge in [-0.15, -0.1) is 0 Å². The number of unbranched alkanes of at least 4 members (excludes halogenated alkanes) is 1. The van der Waals surface area contributed by atoms with Gasteiger partial charge in [0.15, 0.2) is 0 Å². The molecule has 1 unspecified atom stereocenters. The summed E-state index contributed by atoms with van der Waals surface area (Å²) in [6.07, 6.45) is -4.98. The van der Waals surface area contributed by atoms with Crippen molar-refractivity contribution < 1.29 is 23.0 Å². The number of halogens is 3. The Morgan fingerprint density at radius 1 is 1.15 bits per heavy atom. The van der Waals surface area contributed by atoms with Crippen molar-refractivity contribution >= 4 is 0 Å². The molecule has 6 heteroatoms. The van der Waals surface area contributed by atoms with E-state index in [1.165, 1.54) is 0 Å². The molecule has 0 saturated carbocycles. The molecule has 2 N–H and O–H groups in total. The van der Waals surface area contributed by atoms with Crippen LogP contribution in [0.15, 0.2) is 30.3 Å². The van der Waals surface area contributed by atoms with E-state index in [2.05, 4.69) is 5.32 Å². The van der Waals surface area contributed by atoms with Crippen LogP contribution in [-0.4, -0.2) is 37.1 Å². The number of rotatable bonds is 9. The van der Waals surface area contributed by atoms with Crippen LogP contribution in [0.3, 0.4) is 0 Å². The second kappa shape index (κ2) is 8.81. The van der Waals surface area contributed by atoms with Gasteiger partial charge < -0.3 is 15.2 Å². The lowest BCUT2D eigenvalue weighted by atomic mass is 10.2. The maximum Gasteiger partial charge on any atom is 0.389 e. The molecule has 0 aromatic heterocycles. The van der Waals surface area contributed by atoms with E-state index < -0.39 is 18.7 Å². The average Bonchev–Trinajstić information content (AvgIpc) is 2.40. The molecular weight excluding hydrogens is 271 g/mol. The van der Waals surface area contributed by atoms with Crippen molar-refractivity contribution in [2.75, 3.05) is 19.7 Å². The fourth-order valence-electron chi connectivity index (χ4n) is 1.61. The summed E-state index contributed by atoms with van der Waals surface area (Å²) >= 11 is 0. The van der Waals surface area contributed by atoms with Crippen LogP contribution >= 0.6 is 0 Å². The molecule has 0 aliphatic carbocycles. The summed E-state index contributed by atoms with van der Waals surface area (Å²) < 4.78 is 41.0. The number of nitrogens with one attached hydrogen (secondary N) is 1. The summed E-state index contributed by atoms with van der Waals surface area (Å²) in [6, 6.07) is 9.11. The highest BCUT2D eigenvalue weighted by molar-refractivity contribution is 5.20. The van der Waals surface area contributed by atoms with E-state index in [1.807, 2.05) is 18.2 Å². The fraction of sp³-hybridized carbons (Fsp3) is 0.571. The highest BCUT2D eigenvalue weighted by Gasteiger charge is 2.25. The third-order valence-corrected chi connectivity index (χ3v) is 2.63. The van der Waals surface area contributed by atoms with Crippen LogP contribution < -0.4 is 10.1 Å². The molecule has 114 valence electrons. The zero-order valence-electron chi connectivity index (χ0n) is 11.2. The Balaban J connectivity index is 1.99. The summed E-state index contributed by atoms with van der Waals surface area (Å²) in [5, 5.41) is 12.5. The fourth-order valence-corrected chi connectivity index (χ4v) is 1.61. The Morgan fingerprint density at radius 3 is 2.50 bits per heavy atom. The minimum absolute atomic E-state index is 0.104. The molecule has 0 fully saturated rings. The maximum absolute atomic E-state index is 11.9. The van der Waals surface area contributed by atoms with Gasteiger partial charge in [-0.1, -0.05) is 18.2 Å². The first-order chi connectivity index (χ1) is 9.47. The zero-order valence-corrected chi connectivity index (χ0v) is 11.2. The normalized spacial score (nSPS) is 13.2. The lowest BCUT2D eigenvalue weighted by molar-refractivity contribution is -0.135. The van der Waals surface area contributed by atoms with Crippen molar-refractivity contribution in [3.63, 3.8) is 0 Å². The van der Waals surface area contributed by atoms with Gasteiger partial charge in [0.1, 0.15) is 18.5 Å². The predicted octanol–water partition coefficient (Wildman–Crippen LogP) is 2.75. The van der Waals surface area contributed by atoms with Crippen LogP contribution in [0.25, 0.3) is 0 Å². The van der Waals surface area contributed by atoms with Gasteiger partial charge >= 0.3 is 6.18 Å². The largest absolute Gasteiger partial charge is 0.491 e. The number of para-hydroxylation sites is 1. The van der Waals surface area contributed by atoms with Crippen molar-refractivity contribution in [2.24, 2.45) is 0 Å². The molecule has 3 nitrogen and oxygen atoms in total. The Bertz CT molecular complexity index is 357. The van der Waals surface area contributed by atoms with Crippen molar-refractivity contribution in [1.82, 2.24) is 5.32 Å². The smallest absolute Gasteiger partial charge is 0.389 e. The van der Waals surface area contributed by atoms with Crippen molar-refractivity contribution in [1.29, 1.82) is 0 Å². The van der Waals surface area contributed by atoms with E-state index in [4.69, 9.17) is 4.74 Å². The molecule has 0 amide bonds. The third-order valence-electron chi connectivity index (χ3n) is 2.63. The van der Waals surface area contributed by atoms with Crippen LogP contribution in [0.4, 0.5) is 13.2 Å². The Hall–Kier alpha value is -1.27. The van der Waals surface area contributed by atoms with Gasteiger partial charge in [0.2, 0.25) is 0 Å². The standard InChI is InChI=1S/C14H20F3NO2/c15-14(16,17)8-4-5-9-18-10-12(19)11-20-13-6-2-1-3-7-13/h1-3,6-7,12,18-19H,4-5,8-11H2. The second-order valence-corrected chi connectivity index (χ2v) is 4.55. The minimum atomic E-state index is -4.08. The molecular formula is C14H20F3NO2. The number of hydrogen-bond donors (Lipinski definition) is 2. The maximum atomic E-state index is 11.9. The molecule has 0 radical (unpaired) electrons. The molecule has 0 aliphatic rings. The van der Waals surface area contributed by atoms with Crippen LogP contribution in [0.2, 0.25) is 0 Å². The molecule has 1 rings (SSSR count). The molecule has 1 aromatic carbocycles. The van der Waals surface area contributed by atoms with Crippen LogP contribution in [-0.2, 0) is 0 Å². The highest BCUT2D eigenvalue weighted by Crippen LogP contribution is 2.21. The summed E-state index contributed by atoms with van der Waals surface area (Å²) in [6.45, 7) is 0.914. The van der Waals surface area contributed by atoms with Crippen LogP contribution in [0.5, 0.6) is 5.75 Å². The van der Waals surface area contributed by atoms with Gasteiger partial charge in [-0.3, -0.25) is 0 Å². The lowest BCUT2D eigenvalue weighted by Gasteiger charge is -2.13. The van der Waals surface area contributed by atoms with Gasteiger partial charge in [0.25, 0.3) is 0 Å². The van der Waals surface area contributed by atoms with E-state index in [0.717, 1.165) is 0 Å². The Kier molecular flexibility index (Phi) is 7.40. The SMILES string of the molecule is OC(CNCCCCC(F)(F)F)COc1ccccc1. The molecule has 1 aromatic rings. The topological polar surface area (TPSA) is 41.5 Å². The first kappa shape index (κ1) is 16.8. The number of hydrogen-bond acceptors (Lipinski definition) is 3. The van der Waals surface area contributed by atoms with Gasteiger partial charge in [-0.25, -0.2) is 0 Å². The molecule has 0 saturated heterocycles. The summed E-state index contributed by atoms with van der Waals surface area (Å²) in [5.74, 6) is 0.678. The number of benzene rings is 1. The molecule has 0 bridgehead atoms. The Morgan fingerprint density at radius 2 is 1.85 bits per heavy atom. The van der Waals surface area contributed by atoms with Gasteiger partial charge in [0, 0.05) is 13.0 Å². The first-order valence-corrected chi connectivity index (χ1v) is 6.61. The minimum Gasteiger partial charge on any atom is -0.491 e. The second-order valence-electron chi connectivity index (χ2n) is 4.55. The molecule has 0 heterocycles. The van der Waals surface area contributed by atoms with E-state index in [1.54, 1.807) is 12.1 Å². The zero-order chi connectivity index (χ0) is 14.8. The van der Waals surface area contributed by atoms with Crippen molar-refractivity contribution in [3.8, 4) is 5.75 Å². The van der Waals surface area contributed by atoms with E-state index in [-0.39, 0.29) is 13.0 Å². The number of ether oxygens (including phenoxy) is 1. The number of aliphatic hydroxyl groups is 1. The van der Waals surface area contributed by atoms with Crippen LogP contribution in [0.1, 0.15) is 19.3 Å². The average molecular weight is 291 g/mol. The first-order valence-electron chi connectivity index (χ1n) is 6.61. The highest BCUT2D eigenvalue weighted by atomic mass is 19.4. The van der Waals surface area contributed by atoms with Gasteiger partial charge in [-0.05, 0) is 31.5 Å². The monoisotopic (exact) mass is 291 g/mol. The van der Waals surface area contributed by atoms with Crippen LogP contribution in [0, 0.1) is 0 Å². The lowest BCUT2D eigenvalue weighted by Crippen LogP contribution is -2.32. The van der Waals surface area contributed by atoms with E-state index in [0.29, 0.717) is 25.3 Å². The molecule has 1 atom stereocenters. The summed E-state index contributed by atoms with van der Waals surface area (Å²) in [7, 11) is 0. The van der Waals surface area contributed by atoms with E-state index >= 15 is 0 Å². The van der Waals surface area contributed by atoms with Crippen molar-refractivity contribution in [2.45, 2.75) is 31.5 Å². The number of alkyl halides is 3. The quantitative estimate of drug-likeness (QED) is 0.687. The predicted molar refractivity (Wildman–Crippen MR) is 70.7 cm³/mol. The van der Waals surface area contributed by atoms with Gasteiger partial charge in [0.05, 0.1) is 0 Å². The molecule has 0 aliphatic heterocycles. The Labute approximate surface area is 116 Å². The molecule has 20 heavy (non-hydrogen) atoms. The van der Waals surface area contributed by atoms with Gasteiger partial charge in [-0.2, -0.15) is 13.2 Å². The summed E-state index contributed by atoms with van der Waals surface area (Å²) in [5.41, 5.74) is 0. The number of aliphatic hydroxyl groups excluding tert-OH is 1. The summed E-state index contributed by atoms with van der Waals surface area (Å²) in [4.78, 5) is 0. The van der Waals surface area contributed by atoms with Crippen molar-refractivity contribution in [3.05, 3.63) is 30.3 Å².